The topological polar surface area (TPSA) is 59.1 Å². The smallest absolute Gasteiger partial charge is 0.224 e. The molecule has 0 aliphatic heterocycles. The summed E-state index contributed by atoms with van der Waals surface area (Å²) in [7, 11) is 0. The normalized spacial score (nSPS) is 10.7. The molecular formula is C25H18Cl2N2O2S. The molecule has 1 amide bonds. The third-order valence-electron chi connectivity index (χ3n) is 4.81. The maximum Gasteiger partial charge on any atom is 0.224 e. The minimum absolute atomic E-state index is 0.0906. The third kappa shape index (κ3) is 5.62. The Morgan fingerprint density at radius 3 is 2.03 bits per heavy atom. The molecule has 4 rings (SSSR count). The van der Waals surface area contributed by atoms with Gasteiger partial charge in [0.1, 0.15) is 5.01 Å². The van der Waals surface area contributed by atoms with E-state index in [-0.39, 0.29) is 24.5 Å². The van der Waals surface area contributed by atoms with Crippen LogP contribution in [-0.4, -0.2) is 16.7 Å². The second kappa shape index (κ2) is 10.1. The molecule has 7 heteroatoms. The van der Waals surface area contributed by atoms with Crippen molar-refractivity contribution in [2.75, 3.05) is 5.32 Å². The van der Waals surface area contributed by atoms with E-state index in [2.05, 4.69) is 5.32 Å². The molecule has 4 nitrogen and oxygen atoms in total. The summed E-state index contributed by atoms with van der Waals surface area (Å²) in [6, 6.07) is 21.7. The van der Waals surface area contributed by atoms with Gasteiger partial charge in [-0.15, -0.1) is 11.3 Å². The molecular weight excluding hydrogens is 463 g/mol. The van der Waals surface area contributed by atoms with Gasteiger partial charge < -0.3 is 5.32 Å². The Morgan fingerprint density at radius 2 is 1.38 bits per heavy atom. The lowest BCUT2D eigenvalue weighted by Gasteiger charge is -2.06. The number of anilines is 1. The number of Topliss-reactive ketones (excluding diaryl/α,β-unsaturated/α-hetero) is 1. The van der Waals surface area contributed by atoms with E-state index in [1.54, 1.807) is 35.6 Å². The van der Waals surface area contributed by atoms with E-state index in [0.717, 1.165) is 21.8 Å². The van der Waals surface area contributed by atoms with Gasteiger partial charge in [0.15, 0.2) is 5.78 Å². The molecule has 1 heterocycles. The Balaban J connectivity index is 1.33. The molecule has 0 atom stereocenters. The molecule has 1 aromatic heterocycles. The Bertz CT molecular complexity index is 1230. The van der Waals surface area contributed by atoms with Crippen molar-refractivity contribution in [3.05, 3.63) is 93.8 Å². The third-order valence-corrected chi connectivity index (χ3v) is 6.20. The van der Waals surface area contributed by atoms with Crippen LogP contribution in [0.2, 0.25) is 10.0 Å². The molecule has 0 fully saturated rings. The Hall–Kier alpha value is -2.99. The van der Waals surface area contributed by atoms with Gasteiger partial charge in [-0.05, 0) is 48.5 Å². The molecule has 160 valence electrons. The molecule has 32 heavy (non-hydrogen) atoms. The van der Waals surface area contributed by atoms with E-state index in [0.29, 0.717) is 21.3 Å². The number of amides is 1. The Morgan fingerprint density at radius 1 is 0.781 bits per heavy atom. The summed E-state index contributed by atoms with van der Waals surface area (Å²) in [4.78, 5) is 29.1. The van der Waals surface area contributed by atoms with Gasteiger partial charge in [-0.25, -0.2) is 4.98 Å². The van der Waals surface area contributed by atoms with E-state index in [9.17, 15) is 9.59 Å². The number of ketones is 1. The van der Waals surface area contributed by atoms with Crippen LogP contribution in [0.3, 0.4) is 0 Å². The Kier molecular flexibility index (Phi) is 7.00. The van der Waals surface area contributed by atoms with Crippen LogP contribution in [0.5, 0.6) is 0 Å². The molecule has 0 saturated heterocycles. The quantitative estimate of drug-likeness (QED) is 0.280. The van der Waals surface area contributed by atoms with Crippen LogP contribution in [0.25, 0.3) is 21.8 Å². The number of nitrogens with zero attached hydrogens (tertiary/aromatic N) is 1. The van der Waals surface area contributed by atoms with E-state index in [1.165, 1.54) is 0 Å². The SMILES string of the molecule is O=C(CCC(=O)c1ccc(Cl)cc1)Nc1ccc(-c2csc(-c3ccc(Cl)cc3)n2)cc1. The zero-order chi connectivity index (χ0) is 22.5. The number of carbonyl (C=O) groups is 2. The number of benzene rings is 3. The zero-order valence-corrected chi connectivity index (χ0v) is 19.2. The van der Waals surface area contributed by atoms with Crippen molar-refractivity contribution in [3.8, 4) is 21.8 Å². The lowest BCUT2D eigenvalue weighted by molar-refractivity contribution is -0.116. The van der Waals surface area contributed by atoms with Crippen LogP contribution in [-0.2, 0) is 4.79 Å². The fourth-order valence-corrected chi connectivity index (χ4v) is 4.17. The van der Waals surface area contributed by atoms with Crippen LogP contribution in [0.4, 0.5) is 5.69 Å². The average molecular weight is 481 g/mol. The molecule has 0 unspecified atom stereocenters. The van der Waals surface area contributed by atoms with Gasteiger partial charge in [0.05, 0.1) is 5.69 Å². The molecule has 0 bridgehead atoms. The summed E-state index contributed by atoms with van der Waals surface area (Å²) in [5, 5.41) is 7.01. The summed E-state index contributed by atoms with van der Waals surface area (Å²) in [6.45, 7) is 0. The number of aromatic nitrogens is 1. The highest BCUT2D eigenvalue weighted by molar-refractivity contribution is 7.13. The Labute approximate surface area is 199 Å². The minimum Gasteiger partial charge on any atom is -0.326 e. The standard InChI is InChI=1S/C25H18Cl2N2O2S/c26-19-7-1-17(2-8-19)23(30)13-14-24(31)28-21-11-5-16(6-12-21)22-15-32-25(29-22)18-3-9-20(27)10-4-18/h1-12,15H,13-14H2,(H,28,31). The van der Waals surface area contributed by atoms with Crippen LogP contribution >= 0.6 is 34.5 Å². The van der Waals surface area contributed by atoms with Crippen LogP contribution in [0.1, 0.15) is 23.2 Å². The number of rotatable bonds is 7. The predicted molar refractivity (Wildman–Crippen MR) is 132 cm³/mol. The molecule has 1 N–H and O–H groups in total. The molecule has 4 aromatic rings. The van der Waals surface area contributed by atoms with Crippen molar-refractivity contribution in [2.45, 2.75) is 12.8 Å². The van der Waals surface area contributed by atoms with E-state index >= 15 is 0 Å². The van der Waals surface area contributed by atoms with Crippen molar-refractivity contribution >= 4 is 51.9 Å². The summed E-state index contributed by atoms with van der Waals surface area (Å²) in [5.41, 5.74) is 4.06. The molecule has 0 spiro atoms. The van der Waals surface area contributed by atoms with Gasteiger partial charge in [0, 0.05) is 50.6 Å². The van der Waals surface area contributed by atoms with Crippen LogP contribution < -0.4 is 5.32 Å². The number of hydrogen-bond donors (Lipinski definition) is 1. The molecule has 0 aliphatic rings. The number of carbonyl (C=O) groups excluding carboxylic acids is 2. The molecule has 0 aliphatic carbocycles. The van der Waals surface area contributed by atoms with Crippen molar-refractivity contribution in [1.82, 2.24) is 4.98 Å². The number of halogens is 2. The average Bonchev–Trinajstić information content (AvgIpc) is 3.29. The van der Waals surface area contributed by atoms with Crippen LogP contribution in [0.15, 0.2) is 78.2 Å². The van der Waals surface area contributed by atoms with Gasteiger partial charge in [-0.1, -0.05) is 47.5 Å². The predicted octanol–water partition coefficient (Wildman–Crippen LogP) is 7.39. The van der Waals surface area contributed by atoms with E-state index < -0.39 is 0 Å². The highest BCUT2D eigenvalue weighted by Gasteiger charge is 2.11. The zero-order valence-electron chi connectivity index (χ0n) is 16.8. The fourth-order valence-electron chi connectivity index (χ4n) is 3.09. The van der Waals surface area contributed by atoms with Crippen molar-refractivity contribution in [2.24, 2.45) is 0 Å². The highest BCUT2D eigenvalue weighted by Crippen LogP contribution is 2.30. The highest BCUT2D eigenvalue weighted by atomic mass is 35.5. The fraction of sp³-hybridized carbons (Fsp3) is 0.0800. The molecule has 3 aromatic carbocycles. The summed E-state index contributed by atoms with van der Waals surface area (Å²) >= 11 is 13.4. The first-order valence-electron chi connectivity index (χ1n) is 9.88. The summed E-state index contributed by atoms with van der Waals surface area (Å²) < 4.78 is 0. The minimum atomic E-state index is -0.209. The maximum absolute atomic E-state index is 12.2. The van der Waals surface area contributed by atoms with Gasteiger partial charge >= 0.3 is 0 Å². The van der Waals surface area contributed by atoms with Gasteiger partial charge in [-0.3, -0.25) is 9.59 Å². The van der Waals surface area contributed by atoms with Crippen molar-refractivity contribution in [3.63, 3.8) is 0 Å². The van der Waals surface area contributed by atoms with Crippen molar-refractivity contribution in [1.29, 1.82) is 0 Å². The lowest BCUT2D eigenvalue weighted by atomic mass is 10.1. The maximum atomic E-state index is 12.2. The van der Waals surface area contributed by atoms with Crippen LogP contribution in [0, 0.1) is 0 Å². The van der Waals surface area contributed by atoms with E-state index in [4.69, 9.17) is 28.2 Å². The number of thiazole rings is 1. The van der Waals surface area contributed by atoms with Crippen molar-refractivity contribution < 1.29 is 9.59 Å². The first-order valence-corrected chi connectivity index (χ1v) is 11.5. The first-order chi connectivity index (χ1) is 15.5. The molecule has 0 saturated carbocycles. The largest absolute Gasteiger partial charge is 0.326 e. The molecule has 0 radical (unpaired) electrons. The summed E-state index contributed by atoms with van der Waals surface area (Å²) in [6.07, 6.45) is 0.248. The lowest BCUT2D eigenvalue weighted by Crippen LogP contribution is -2.13. The number of hydrogen-bond acceptors (Lipinski definition) is 4. The number of nitrogens with one attached hydrogen (secondary N) is 1. The second-order valence-electron chi connectivity index (χ2n) is 7.10. The van der Waals surface area contributed by atoms with Gasteiger partial charge in [-0.2, -0.15) is 0 Å². The summed E-state index contributed by atoms with van der Waals surface area (Å²) in [5.74, 6) is -0.300. The monoisotopic (exact) mass is 480 g/mol. The van der Waals surface area contributed by atoms with E-state index in [1.807, 2.05) is 53.9 Å². The second-order valence-corrected chi connectivity index (χ2v) is 8.83. The first kappa shape index (κ1) is 22.2. The van der Waals surface area contributed by atoms with Gasteiger partial charge in [0.25, 0.3) is 0 Å². The van der Waals surface area contributed by atoms with Gasteiger partial charge in [0.2, 0.25) is 5.91 Å².